The maximum atomic E-state index is 2.50. The number of hydrogen-bond acceptors (Lipinski definition) is 1. The second kappa shape index (κ2) is 13.5. The first-order valence-corrected chi connectivity index (χ1v) is 19.1. The normalized spacial score (nSPS) is 14.8. The van der Waals surface area contributed by atoms with E-state index in [1.54, 1.807) is 0 Å². The Bertz CT molecular complexity index is 2360. The van der Waals surface area contributed by atoms with Crippen LogP contribution in [0.5, 0.6) is 0 Å². The minimum Gasteiger partial charge on any atom is -0.310 e. The molecule has 7 aromatic rings. The zero-order valence-corrected chi connectivity index (χ0v) is 30.2. The lowest BCUT2D eigenvalue weighted by Gasteiger charge is -2.31. The average Bonchev–Trinajstić information content (AvgIpc) is 3.44. The molecular formula is C51H45N. The minimum absolute atomic E-state index is 0.0916. The van der Waals surface area contributed by atoms with Gasteiger partial charge in [0.05, 0.1) is 5.69 Å². The van der Waals surface area contributed by atoms with Crippen LogP contribution in [0.2, 0.25) is 0 Å². The first-order valence-electron chi connectivity index (χ1n) is 19.1. The molecule has 1 fully saturated rings. The molecule has 254 valence electrons. The summed E-state index contributed by atoms with van der Waals surface area (Å²) in [6.07, 6.45) is 6.65. The summed E-state index contributed by atoms with van der Waals surface area (Å²) in [6, 6.07) is 63.1. The Morgan fingerprint density at radius 3 is 1.65 bits per heavy atom. The Balaban J connectivity index is 1.22. The van der Waals surface area contributed by atoms with Crippen LogP contribution in [0.3, 0.4) is 0 Å². The molecule has 1 saturated carbocycles. The van der Waals surface area contributed by atoms with Crippen LogP contribution >= 0.6 is 0 Å². The van der Waals surface area contributed by atoms with Crippen molar-refractivity contribution in [2.75, 3.05) is 4.90 Å². The Morgan fingerprint density at radius 1 is 0.423 bits per heavy atom. The van der Waals surface area contributed by atoms with E-state index in [9.17, 15) is 0 Å². The minimum atomic E-state index is -0.0916. The summed E-state index contributed by atoms with van der Waals surface area (Å²) >= 11 is 0. The highest BCUT2D eigenvalue weighted by Crippen LogP contribution is 2.52. The van der Waals surface area contributed by atoms with Crippen molar-refractivity contribution in [2.24, 2.45) is 0 Å². The fourth-order valence-corrected chi connectivity index (χ4v) is 9.03. The van der Waals surface area contributed by atoms with E-state index in [2.05, 4.69) is 189 Å². The van der Waals surface area contributed by atoms with Gasteiger partial charge in [-0.25, -0.2) is 0 Å². The number of rotatable bonds is 7. The van der Waals surface area contributed by atoms with E-state index in [1.165, 1.54) is 110 Å². The summed E-state index contributed by atoms with van der Waals surface area (Å²) in [4.78, 5) is 2.50. The van der Waals surface area contributed by atoms with Gasteiger partial charge >= 0.3 is 0 Å². The first-order chi connectivity index (χ1) is 25.6. The molecule has 0 atom stereocenters. The molecule has 0 saturated heterocycles. The van der Waals surface area contributed by atoms with Gasteiger partial charge in [-0.3, -0.25) is 0 Å². The lowest BCUT2D eigenvalue weighted by Crippen LogP contribution is -2.17. The molecule has 0 bridgehead atoms. The predicted octanol–water partition coefficient (Wildman–Crippen LogP) is 14.5. The highest BCUT2D eigenvalue weighted by atomic mass is 15.1. The quantitative estimate of drug-likeness (QED) is 0.163. The Morgan fingerprint density at radius 2 is 0.942 bits per heavy atom. The second-order valence-corrected chi connectivity index (χ2v) is 15.1. The Hall–Kier alpha value is -5.66. The van der Waals surface area contributed by atoms with Crippen molar-refractivity contribution >= 4 is 17.1 Å². The molecule has 52 heavy (non-hydrogen) atoms. The van der Waals surface area contributed by atoms with E-state index in [-0.39, 0.29) is 5.41 Å². The smallest absolute Gasteiger partial charge is 0.0540 e. The summed E-state index contributed by atoms with van der Waals surface area (Å²) in [7, 11) is 0. The van der Waals surface area contributed by atoms with E-state index in [0.717, 1.165) is 0 Å². The molecule has 0 radical (unpaired) electrons. The molecule has 0 aliphatic heterocycles. The van der Waals surface area contributed by atoms with Crippen LogP contribution in [0.15, 0.2) is 170 Å². The van der Waals surface area contributed by atoms with Crippen LogP contribution < -0.4 is 4.90 Å². The van der Waals surface area contributed by atoms with E-state index in [4.69, 9.17) is 0 Å². The van der Waals surface area contributed by atoms with E-state index < -0.39 is 0 Å². The molecule has 0 spiro atoms. The standard InChI is InChI=1S/C51H45N/c1-51(2)48-27-15-13-25-45(48)46-34-33-40(35-49(46)51)52(39-31-29-37(30-32-39)36-17-5-3-6-18-36)50-28-16-14-26-47(50)44-24-12-11-23-43(44)42-22-10-9-21-41(42)38-19-7-4-8-20-38/h4,7-16,19-36H,3,5-6,17-18H2,1-2H3. The fourth-order valence-electron chi connectivity index (χ4n) is 9.03. The third-order valence-corrected chi connectivity index (χ3v) is 11.7. The van der Waals surface area contributed by atoms with Gasteiger partial charge in [0, 0.05) is 22.4 Å². The largest absolute Gasteiger partial charge is 0.310 e. The van der Waals surface area contributed by atoms with Crippen LogP contribution in [0, 0.1) is 0 Å². The van der Waals surface area contributed by atoms with Crippen molar-refractivity contribution in [3.63, 3.8) is 0 Å². The lowest BCUT2D eigenvalue weighted by atomic mass is 9.82. The number of benzene rings is 7. The second-order valence-electron chi connectivity index (χ2n) is 15.1. The van der Waals surface area contributed by atoms with Gasteiger partial charge in [0.2, 0.25) is 0 Å². The van der Waals surface area contributed by atoms with Gasteiger partial charge in [-0.15, -0.1) is 0 Å². The summed E-state index contributed by atoms with van der Waals surface area (Å²) < 4.78 is 0. The van der Waals surface area contributed by atoms with Gasteiger partial charge in [0.15, 0.2) is 0 Å². The van der Waals surface area contributed by atoms with Crippen LogP contribution in [0.4, 0.5) is 17.1 Å². The topological polar surface area (TPSA) is 3.24 Å². The summed E-state index contributed by atoms with van der Waals surface area (Å²) in [5, 5.41) is 0. The van der Waals surface area contributed by atoms with Gasteiger partial charge in [-0.1, -0.05) is 173 Å². The molecule has 2 aliphatic rings. The van der Waals surface area contributed by atoms with Gasteiger partial charge < -0.3 is 4.90 Å². The van der Waals surface area contributed by atoms with Crippen LogP contribution in [0.1, 0.15) is 68.6 Å². The average molecular weight is 672 g/mol. The van der Waals surface area contributed by atoms with Crippen molar-refractivity contribution in [2.45, 2.75) is 57.3 Å². The third kappa shape index (κ3) is 5.66. The number of para-hydroxylation sites is 1. The van der Waals surface area contributed by atoms with E-state index in [1.807, 2.05) is 0 Å². The molecule has 9 rings (SSSR count). The Kier molecular flexibility index (Phi) is 8.36. The number of fused-ring (bicyclic) bond motifs is 3. The number of hydrogen-bond donors (Lipinski definition) is 0. The molecule has 0 heterocycles. The fraction of sp³-hybridized carbons (Fsp3) is 0.176. The van der Waals surface area contributed by atoms with Crippen LogP contribution in [0.25, 0.3) is 44.5 Å². The van der Waals surface area contributed by atoms with Crippen molar-refractivity contribution < 1.29 is 0 Å². The molecule has 0 aromatic heterocycles. The van der Waals surface area contributed by atoms with E-state index in [0.29, 0.717) is 5.92 Å². The molecule has 1 nitrogen and oxygen atoms in total. The SMILES string of the molecule is CC1(C)c2ccccc2-c2ccc(N(c3ccc(C4CCCCC4)cc3)c3ccccc3-c3ccccc3-c3ccccc3-c3ccccc3)cc21. The zero-order chi connectivity index (χ0) is 35.1. The van der Waals surface area contributed by atoms with Crippen LogP contribution in [-0.2, 0) is 5.41 Å². The van der Waals surface area contributed by atoms with Gasteiger partial charge in [0.1, 0.15) is 0 Å². The summed E-state index contributed by atoms with van der Waals surface area (Å²) in [5.74, 6) is 0.666. The van der Waals surface area contributed by atoms with Crippen molar-refractivity contribution in [1.29, 1.82) is 0 Å². The predicted molar refractivity (Wildman–Crippen MR) is 221 cm³/mol. The maximum Gasteiger partial charge on any atom is 0.0540 e. The number of anilines is 3. The van der Waals surface area contributed by atoms with Gasteiger partial charge in [-0.05, 0) is 105 Å². The molecule has 1 heteroatoms. The maximum absolute atomic E-state index is 2.50. The molecule has 7 aromatic carbocycles. The first kappa shape index (κ1) is 32.3. The lowest BCUT2D eigenvalue weighted by molar-refractivity contribution is 0.443. The van der Waals surface area contributed by atoms with Crippen LogP contribution in [-0.4, -0.2) is 0 Å². The monoisotopic (exact) mass is 671 g/mol. The third-order valence-electron chi connectivity index (χ3n) is 11.7. The summed E-state index contributed by atoms with van der Waals surface area (Å²) in [6.45, 7) is 4.75. The molecule has 0 N–H and O–H groups in total. The molecule has 0 amide bonds. The van der Waals surface area contributed by atoms with Crippen molar-refractivity contribution in [1.82, 2.24) is 0 Å². The molecular weight excluding hydrogens is 627 g/mol. The van der Waals surface area contributed by atoms with Crippen molar-refractivity contribution in [3.8, 4) is 44.5 Å². The molecule has 2 aliphatic carbocycles. The molecule has 0 unspecified atom stereocenters. The zero-order valence-electron chi connectivity index (χ0n) is 30.2. The van der Waals surface area contributed by atoms with Gasteiger partial charge in [0.25, 0.3) is 0 Å². The van der Waals surface area contributed by atoms with Gasteiger partial charge in [-0.2, -0.15) is 0 Å². The number of nitrogens with zero attached hydrogens (tertiary/aromatic N) is 1. The highest BCUT2D eigenvalue weighted by molar-refractivity contribution is 5.97. The van der Waals surface area contributed by atoms with E-state index >= 15 is 0 Å². The highest BCUT2D eigenvalue weighted by Gasteiger charge is 2.36. The summed E-state index contributed by atoms with van der Waals surface area (Å²) in [5.41, 5.74) is 17.8. The van der Waals surface area contributed by atoms with Crippen molar-refractivity contribution in [3.05, 3.63) is 187 Å². The Labute approximate surface area is 309 Å².